The summed E-state index contributed by atoms with van der Waals surface area (Å²) in [5.41, 5.74) is 0.786. The van der Waals surface area contributed by atoms with Crippen molar-refractivity contribution in [2.75, 3.05) is 19.6 Å². The van der Waals surface area contributed by atoms with Crippen LogP contribution < -0.4 is 10.0 Å². The van der Waals surface area contributed by atoms with Gasteiger partial charge in [-0.2, -0.15) is 0 Å². The van der Waals surface area contributed by atoms with E-state index in [1.807, 2.05) is 13.0 Å². The second-order valence-electron chi connectivity index (χ2n) is 5.75. The molecule has 0 aromatic heterocycles. The van der Waals surface area contributed by atoms with Gasteiger partial charge in [-0.05, 0) is 56.0 Å². The van der Waals surface area contributed by atoms with E-state index in [0.717, 1.165) is 36.0 Å². The molecule has 0 saturated carbocycles. The number of sulfonamides is 1. The third-order valence-electron chi connectivity index (χ3n) is 4.01. The van der Waals surface area contributed by atoms with Crippen LogP contribution in [0.2, 0.25) is 0 Å². The lowest BCUT2D eigenvalue weighted by Gasteiger charge is -2.34. The van der Waals surface area contributed by atoms with Crippen LogP contribution in [0.3, 0.4) is 0 Å². The molecule has 0 aliphatic carbocycles. The van der Waals surface area contributed by atoms with Crippen LogP contribution in [0.15, 0.2) is 27.6 Å². The number of rotatable bonds is 4. The van der Waals surface area contributed by atoms with Crippen LogP contribution in [0.4, 0.5) is 0 Å². The zero-order valence-corrected chi connectivity index (χ0v) is 15.5. The zero-order valence-electron chi connectivity index (χ0n) is 12.3. The standard InChI is InChI=1S/C14H21BrN2O2S.ClH/c1-11-12(15)4-3-5-13(11)20(18,19)17-10-14(2)6-8-16-9-7-14;/h3-5,16-17H,6-10H2,1-2H3;1H. The number of halogens is 2. The van der Waals surface area contributed by atoms with Crippen molar-refractivity contribution in [2.45, 2.75) is 31.6 Å². The Morgan fingerprint density at radius 2 is 1.95 bits per heavy atom. The van der Waals surface area contributed by atoms with Gasteiger partial charge in [-0.3, -0.25) is 0 Å². The number of hydrogen-bond donors (Lipinski definition) is 2. The fraction of sp³-hybridized carbons (Fsp3) is 0.571. The molecule has 21 heavy (non-hydrogen) atoms. The van der Waals surface area contributed by atoms with Crippen LogP contribution in [0.5, 0.6) is 0 Å². The van der Waals surface area contributed by atoms with Crippen LogP contribution >= 0.6 is 28.3 Å². The predicted octanol–water partition coefficient (Wildman–Crippen LogP) is 2.85. The second-order valence-corrected chi connectivity index (χ2v) is 8.34. The molecule has 0 spiro atoms. The summed E-state index contributed by atoms with van der Waals surface area (Å²) in [5, 5.41) is 3.30. The van der Waals surface area contributed by atoms with Crippen molar-refractivity contribution in [2.24, 2.45) is 5.41 Å². The highest BCUT2D eigenvalue weighted by atomic mass is 79.9. The van der Waals surface area contributed by atoms with Gasteiger partial charge in [0.1, 0.15) is 0 Å². The van der Waals surface area contributed by atoms with Crippen molar-refractivity contribution in [1.29, 1.82) is 0 Å². The van der Waals surface area contributed by atoms with E-state index in [-0.39, 0.29) is 17.8 Å². The predicted molar refractivity (Wildman–Crippen MR) is 91.5 cm³/mol. The van der Waals surface area contributed by atoms with E-state index in [1.165, 1.54) is 0 Å². The van der Waals surface area contributed by atoms with Gasteiger partial charge in [-0.25, -0.2) is 13.1 Å². The maximum Gasteiger partial charge on any atom is 0.240 e. The lowest BCUT2D eigenvalue weighted by molar-refractivity contribution is 0.232. The van der Waals surface area contributed by atoms with Crippen LogP contribution in [0, 0.1) is 12.3 Å². The number of nitrogens with one attached hydrogen (secondary N) is 2. The summed E-state index contributed by atoms with van der Waals surface area (Å²) in [6.45, 7) is 6.35. The zero-order chi connectivity index (χ0) is 14.8. The highest BCUT2D eigenvalue weighted by Crippen LogP contribution is 2.28. The van der Waals surface area contributed by atoms with E-state index < -0.39 is 10.0 Å². The largest absolute Gasteiger partial charge is 0.317 e. The summed E-state index contributed by atoms with van der Waals surface area (Å²) >= 11 is 3.38. The van der Waals surface area contributed by atoms with E-state index >= 15 is 0 Å². The minimum Gasteiger partial charge on any atom is -0.317 e. The van der Waals surface area contributed by atoms with Crippen molar-refractivity contribution < 1.29 is 8.42 Å². The second kappa shape index (κ2) is 7.42. The Kier molecular flexibility index (Phi) is 6.68. The minimum atomic E-state index is -3.45. The highest BCUT2D eigenvalue weighted by Gasteiger charge is 2.29. The molecule has 7 heteroatoms. The van der Waals surface area contributed by atoms with Gasteiger partial charge in [0.15, 0.2) is 0 Å². The van der Waals surface area contributed by atoms with Gasteiger partial charge in [0.05, 0.1) is 4.90 Å². The molecule has 120 valence electrons. The molecule has 1 aromatic rings. The van der Waals surface area contributed by atoms with Crippen molar-refractivity contribution >= 4 is 38.4 Å². The van der Waals surface area contributed by atoms with Gasteiger partial charge >= 0.3 is 0 Å². The van der Waals surface area contributed by atoms with Crippen molar-refractivity contribution in [3.05, 3.63) is 28.2 Å². The normalized spacial score (nSPS) is 18.0. The van der Waals surface area contributed by atoms with E-state index in [2.05, 4.69) is 32.9 Å². The Balaban J connectivity index is 0.00000220. The van der Waals surface area contributed by atoms with Gasteiger partial charge in [-0.15, -0.1) is 12.4 Å². The van der Waals surface area contributed by atoms with Crippen LogP contribution in [0.25, 0.3) is 0 Å². The van der Waals surface area contributed by atoms with Crippen LogP contribution in [-0.4, -0.2) is 28.1 Å². The van der Waals surface area contributed by atoms with Gasteiger partial charge in [0.25, 0.3) is 0 Å². The third kappa shape index (κ3) is 4.66. The van der Waals surface area contributed by atoms with Gasteiger partial charge < -0.3 is 5.32 Å². The molecule has 4 nitrogen and oxygen atoms in total. The molecule has 1 heterocycles. The Labute approximate surface area is 141 Å². The molecule has 1 saturated heterocycles. The molecule has 2 N–H and O–H groups in total. The Morgan fingerprint density at radius 3 is 2.57 bits per heavy atom. The lowest BCUT2D eigenvalue weighted by Crippen LogP contribution is -2.42. The van der Waals surface area contributed by atoms with Gasteiger partial charge in [0.2, 0.25) is 10.0 Å². The Morgan fingerprint density at radius 1 is 1.33 bits per heavy atom. The summed E-state index contributed by atoms with van der Waals surface area (Å²) in [6.07, 6.45) is 1.99. The monoisotopic (exact) mass is 396 g/mol. The number of hydrogen-bond acceptors (Lipinski definition) is 3. The number of benzene rings is 1. The Hall–Kier alpha value is -0.140. The summed E-state index contributed by atoms with van der Waals surface area (Å²) in [4.78, 5) is 0.351. The maximum atomic E-state index is 12.4. The smallest absolute Gasteiger partial charge is 0.240 e. The fourth-order valence-corrected chi connectivity index (χ4v) is 4.40. The molecule has 0 bridgehead atoms. The Bertz CT molecular complexity index is 587. The van der Waals surface area contributed by atoms with Crippen molar-refractivity contribution in [1.82, 2.24) is 10.0 Å². The molecule has 1 aliphatic rings. The van der Waals surface area contributed by atoms with Crippen molar-refractivity contribution in [3.63, 3.8) is 0 Å². The molecule has 0 amide bonds. The molecule has 1 aromatic carbocycles. The molecule has 0 unspecified atom stereocenters. The van der Waals surface area contributed by atoms with Crippen LogP contribution in [0.1, 0.15) is 25.3 Å². The molecular weight excluding hydrogens is 376 g/mol. The average Bonchev–Trinajstić information content (AvgIpc) is 2.41. The summed E-state index contributed by atoms with van der Waals surface area (Å²) in [5.74, 6) is 0. The van der Waals surface area contributed by atoms with Gasteiger partial charge in [0, 0.05) is 11.0 Å². The van der Waals surface area contributed by atoms with E-state index in [1.54, 1.807) is 12.1 Å². The maximum absolute atomic E-state index is 12.4. The molecule has 0 atom stereocenters. The first-order valence-electron chi connectivity index (χ1n) is 6.80. The summed E-state index contributed by atoms with van der Waals surface area (Å²) in [6, 6.07) is 5.24. The topological polar surface area (TPSA) is 58.2 Å². The molecule has 0 radical (unpaired) electrons. The highest BCUT2D eigenvalue weighted by molar-refractivity contribution is 9.10. The van der Waals surface area contributed by atoms with Crippen molar-refractivity contribution in [3.8, 4) is 0 Å². The average molecular weight is 398 g/mol. The molecule has 1 fully saturated rings. The first-order valence-corrected chi connectivity index (χ1v) is 9.07. The number of piperidine rings is 1. The first kappa shape index (κ1) is 18.9. The minimum absolute atomic E-state index is 0. The molecule has 1 aliphatic heterocycles. The summed E-state index contributed by atoms with van der Waals surface area (Å²) < 4.78 is 28.5. The summed E-state index contributed by atoms with van der Waals surface area (Å²) in [7, 11) is -3.45. The molecular formula is C14H22BrClN2O2S. The third-order valence-corrected chi connectivity index (χ3v) is 6.41. The molecule has 2 rings (SSSR count). The first-order chi connectivity index (χ1) is 9.34. The van der Waals surface area contributed by atoms with E-state index in [9.17, 15) is 8.42 Å². The fourth-order valence-electron chi connectivity index (χ4n) is 2.43. The quantitative estimate of drug-likeness (QED) is 0.821. The lowest BCUT2D eigenvalue weighted by atomic mass is 9.81. The van der Waals surface area contributed by atoms with E-state index in [4.69, 9.17) is 0 Å². The SMILES string of the molecule is Cc1c(Br)cccc1S(=O)(=O)NCC1(C)CCNCC1.Cl. The van der Waals surface area contributed by atoms with Gasteiger partial charge in [-0.1, -0.05) is 28.9 Å². The van der Waals surface area contributed by atoms with Crippen LogP contribution in [-0.2, 0) is 10.0 Å². The van der Waals surface area contributed by atoms with E-state index in [0.29, 0.717) is 11.4 Å².